The van der Waals surface area contributed by atoms with Crippen LogP contribution < -0.4 is 10.6 Å². The van der Waals surface area contributed by atoms with Crippen LogP contribution in [-0.4, -0.2) is 30.0 Å². The zero-order valence-corrected chi connectivity index (χ0v) is 12.8. The molecule has 0 saturated carbocycles. The minimum Gasteiger partial charge on any atom is -0.466 e. The highest BCUT2D eigenvalue weighted by Crippen LogP contribution is 2.19. The molecule has 0 aliphatic rings. The Morgan fingerprint density at radius 2 is 1.88 bits per heavy atom. The van der Waals surface area contributed by atoms with Crippen LogP contribution in [0.1, 0.15) is 23.0 Å². The third-order valence-corrected chi connectivity index (χ3v) is 3.22. The van der Waals surface area contributed by atoms with Gasteiger partial charge in [0.05, 0.1) is 19.4 Å². The van der Waals surface area contributed by atoms with Gasteiger partial charge < -0.3 is 20.2 Å². The third kappa shape index (κ3) is 4.63. The first kappa shape index (κ1) is 17.6. The first-order valence-corrected chi connectivity index (χ1v) is 7.05. The van der Waals surface area contributed by atoms with Crippen molar-refractivity contribution in [2.45, 2.75) is 12.5 Å². The SMILES string of the molecule is CC(O)(CNC(=O)CNC(=O)c1cc(F)cc(F)c1)c1ccco1. The molecule has 0 spiro atoms. The summed E-state index contributed by atoms with van der Waals surface area (Å²) in [5.41, 5.74) is -1.64. The molecule has 2 aromatic rings. The van der Waals surface area contributed by atoms with E-state index in [4.69, 9.17) is 4.42 Å². The minimum absolute atomic E-state index is 0.135. The molecule has 1 aromatic carbocycles. The Bertz CT molecular complexity index is 709. The molecule has 2 amide bonds. The van der Waals surface area contributed by atoms with Gasteiger partial charge in [-0.15, -0.1) is 0 Å². The normalized spacial score (nSPS) is 13.2. The van der Waals surface area contributed by atoms with Crippen LogP contribution in [0.4, 0.5) is 8.78 Å². The van der Waals surface area contributed by atoms with E-state index in [-0.39, 0.29) is 17.9 Å². The fraction of sp³-hybridized carbons (Fsp3) is 0.250. The van der Waals surface area contributed by atoms with E-state index in [2.05, 4.69) is 10.6 Å². The van der Waals surface area contributed by atoms with Crippen molar-refractivity contribution in [3.05, 3.63) is 59.6 Å². The van der Waals surface area contributed by atoms with Gasteiger partial charge in [0.25, 0.3) is 5.91 Å². The molecule has 0 saturated heterocycles. The standard InChI is InChI=1S/C16H16F2N2O4/c1-16(23,13-3-2-4-24-13)9-20-14(21)8-19-15(22)10-5-11(17)7-12(18)6-10/h2-7,23H,8-9H2,1H3,(H,19,22)(H,20,21). The maximum Gasteiger partial charge on any atom is 0.251 e. The fourth-order valence-electron chi connectivity index (χ4n) is 1.95. The Kier molecular flexibility index (Phi) is 5.30. The lowest BCUT2D eigenvalue weighted by atomic mass is 10.0. The van der Waals surface area contributed by atoms with Crippen LogP contribution in [0.5, 0.6) is 0 Å². The van der Waals surface area contributed by atoms with Gasteiger partial charge in [-0.05, 0) is 31.2 Å². The first-order chi connectivity index (χ1) is 11.3. The summed E-state index contributed by atoms with van der Waals surface area (Å²) in [6.07, 6.45) is 1.39. The van der Waals surface area contributed by atoms with E-state index in [9.17, 15) is 23.5 Å². The van der Waals surface area contributed by atoms with Crippen molar-refractivity contribution >= 4 is 11.8 Å². The molecule has 6 nitrogen and oxygen atoms in total. The smallest absolute Gasteiger partial charge is 0.251 e. The van der Waals surface area contributed by atoms with Crippen LogP contribution in [0, 0.1) is 11.6 Å². The van der Waals surface area contributed by atoms with Crippen LogP contribution in [-0.2, 0) is 10.4 Å². The number of carbonyl (C=O) groups excluding carboxylic acids is 2. The largest absolute Gasteiger partial charge is 0.466 e. The maximum atomic E-state index is 13.0. The molecule has 0 fully saturated rings. The van der Waals surface area contributed by atoms with Gasteiger partial charge in [0, 0.05) is 11.6 Å². The number of amides is 2. The number of hydrogen-bond donors (Lipinski definition) is 3. The quantitative estimate of drug-likeness (QED) is 0.741. The average Bonchev–Trinajstić information content (AvgIpc) is 3.05. The number of benzene rings is 1. The van der Waals surface area contributed by atoms with E-state index >= 15 is 0 Å². The summed E-state index contributed by atoms with van der Waals surface area (Å²) >= 11 is 0. The van der Waals surface area contributed by atoms with E-state index in [0.717, 1.165) is 12.1 Å². The molecule has 1 heterocycles. The summed E-state index contributed by atoms with van der Waals surface area (Å²) in [5, 5.41) is 14.8. The molecule has 1 aromatic heterocycles. The van der Waals surface area contributed by atoms with E-state index < -0.39 is 35.6 Å². The summed E-state index contributed by atoms with van der Waals surface area (Å²) in [5.74, 6) is -2.87. The molecule has 0 aliphatic carbocycles. The first-order valence-electron chi connectivity index (χ1n) is 7.05. The Hall–Kier alpha value is -2.74. The summed E-state index contributed by atoms with van der Waals surface area (Å²) in [7, 11) is 0. The molecule has 0 bridgehead atoms. The summed E-state index contributed by atoms with van der Waals surface area (Å²) in [4.78, 5) is 23.5. The lowest BCUT2D eigenvalue weighted by Gasteiger charge is -2.21. The number of nitrogens with one attached hydrogen (secondary N) is 2. The Labute approximate surface area is 136 Å². The van der Waals surface area contributed by atoms with Crippen LogP contribution in [0.3, 0.4) is 0 Å². The van der Waals surface area contributed by atoms with E-state index in [1.807, 2.05) is 0 Å². The predicted molar refractivity (Wildman–Crippen MR) is 80.0 cm³/mol. The number of halogens is 2. The highest BCUT2D eigenvalue weighted by molar-refractivity contribution is 5.96. The van der Waals surface area contributed by atoms with E-state index in [0.29, 0.717) is 6.07 Å². The van der Waals surface area contributed by atoms with Gasteiger partial charge in [-0.1, -0.05) is 0 Å². The molecular formula is C16H16F2N2O4. The lowest BCUT2D eigenvalue weighted by Crippen LogP contribution is -2.43. The Morgan fingerprint density at radius 3 is 2.46 bits per heavy atom. The molecule has 128 valence electrons. The third-order valence-electron chi connectivity index (χ3n) is 3.22. The van der Waals surface area contributed by atoms with Gasteiger partial charge >= 0.3 is 0 Å². The van der Waals surface area contributed by atoms with Crippen molar-refractivity contribution in [2.75, 3.05) is 13.1 Å². The van der Waals surface area contributed by atoms with Crippen molar-refractivity contribution in [3.63, 3.8) is 0 Å². The topological polar surface area (TPSA) is 91.6 Å². The molecule has 8 heteroatoms. The van der Waals surface area contributed by atoms with Gasteiger partial charge in [0.1, 0.15) is 23.0 Å². The van der Waals surface area contributed by atoms with E-state index in [1.165, 1.54) is 13.2 Å². The summed E-state index contributed by atoms with van der Waals surface area (Å²) < 4.78 is 31.1. The molecule has 1 unspecified atom stereocenters. The van der Waals surface area contributed by atoms with Crippen LogP contribution in [0.25, 0.3) is 0 Å². The van der Waals surface area contributed by atoms with E-state index in [1.54, 1.807) is 12.1 Å². The number of aliphatic hydroxyl groups is 1. The average molecular weight is 338 g/mol. The molecule has 3 N–H and O–H groups in total. The second-order valence-corrected chi connectivity index (χ2v) is 5.37. The maximum absolute atomic E-state index is 13.0. The van der Waals surface area contributed by atoms with Crippen molar-refractivity contribution in [1.82, 2.24) is 10.6 Å². The predicted octanol–water partition coefficient (Wildman–Crippen LogP) is 1.31. The van der Waals surface area contributed by atoms with Gasteiger partial charge in [-0.2, -0.15) is 0 Å². The molecule has 2 rings (SSSR count). The Morgan fingerprint density at radius 1 is 1.21 bits per heavy atom. The van der Waals surface area contributed by atoms with Crippen LogP contribution >= 0.6 is 0 Å². The van der Waals surface area contributed by atoms with Crippen molar-refractivity contribution in [1.29, 1.82) is 0 Å². The Balaban J connectivity index is 1.83. The summed E-state index contributed by atoms with van der Waals surface area (Å²) in [6.45, 7) is 0.912. The van der Waals surface area contributed by atoms with Crippen molar-refractivity contribution in [3.8, 4) is 0 Å². The molecule has 0 aliphatic heterocycles. The van der Waals surface area contributed by atoms with Gasteiger partial charge in [-0.25, -0.2) is 8.78 Å². The second-order valence-electron chi connectivity index (χ2n) is 5.37. The number of hydrogen-bond acceptors (Lipinski definition) is 4. The van der Waals surface area contributed by atoms with Crippen LogP contribution in [0.15, 0.2) is 41.0 Å². The van der Waals surface area contributed by atoms with Crippen molar-refractivity contribution < 1.29 is 27.9 Å². The van der Waals surface area contributed by atoms with Gasteiger partial charge in [-0.3, -0.25) is 9.59 Å². The van der Waals surface area contributed by atoms with Gasteiger partial charge in [0.15, 0.2) is 0 Å². The molecule has 0 radical (unpaired) electrons. The number of furan rings is 1. The van der Waals surface area contributed by atoms with Crippen molar-refractivity contribution in [2.24, 2.45) is 0 Å². The summed E-state index contributed by atoms with van der Waals surface area (Å²) in [6, 6.07) is 5.52. The molecule has 24 heavy (non-hydrogen) atoms. The fourth-order valence-corrected chi connectivity index (χ4v) is 1.95. The monoisotopic (exact) mass is 338 g/mol. The zero-order valence-electron chi connectivity index (χ0n) is 12.8. The van der Waals surface area contributed by atoms with Crippen LogP contribution in [0.2, 0.25) is 0 Å². The highest BCUT2D eigenvalue weighted by Gasteiger charge is 2.26. The lowest BCUT2D eigenvalue weighted by molar-refractivity contribution is -0.121. The number of carbonyl (C=O) groups is 2. The number of rotatable bonds is 6. The minimum atomic E-state index is -1.41. The highest BCUT2D eigenvalue weighted by atomic mass is 19.1. The zero-order chi connectivity index (χ0) is 17.7. The van der Waals surface area contributed by atoms with Gasteiger partial charge in [0.2, 0.25) is 5.91 Å². The molecular weight excluding hydrogens is 322 g/mol. The second kappa shape index (κ2) is 7.22. The molecule has 1 atom stereocenters.